The Hall–Kier alpha value is -3.03. The Balaban J connectivity index is 2.12. The zero-order valence-electron chi connectivity index (χ0n) is 14.1. The minimum atomic E-state index is -1.58. The molecule has 2 unspecified atom stereocenters. The summed E-state index contributed by atoms with van der Waals surface area (Å²) >= 11 is 0. The van der Waals surface area contributed by atoms with E-state index in [1.165, 1.54) is 13.8 Å². The molecule has 2 aliphatic heterocycles. The van der Waals surface area contributed by atoms with Gasteiger partial charge in [0.15, 0.2) is 11.3 Å². The minimum Gasteiger partial charge on any atom is -0.461 e. The molecule has 8 heteroatoms. The van der Waals surface area contributed by atoms with Crippen molar-refractivity contribution in [3.63, 3.8) is 0 Å². The van der Waals surface area contributed by atoms with Crippen LogP contribution in [0.4, 0.5) is 5.69 Å². The van der Waals surface area contributed by atoms with Crippen LogP contribution >= 0.6 is 0 Å². The fourth-order valence-corrected chi connectivity index (χ4v) is 3.27. The van der Waals surface area contributed by atoms with E-state index in [1.807, 2.05) is 0 Å². The maximum Gasteiger partial charge on any atom is 0.355 e. The molecular weight excluding hydrogens is 326 g/mol. The highest BCUT2D eigenvalue weighted by atomic mass is 16.5. The van der Waals surface area contributed by atoms with E-state index in [9.17, 15) is 19.2 Å². The molecule has 2 aliphatic rings. The van der Waals surface area contributed by atoms with E-state index in [2.05, 4.69) is 5.10 Å². The molecule has 1 aromatic rings. The van der Waals surface area contributed by atoms with Crippen LogP contribution in [0.3, 0.4) is 0 Å². The number of hydrogen-bond acceptors (Lipinski definition) is 6. The van der Waals surface area contributed by atoms with Gasteiger partial charge in [0.25, 0.3) is 5.91 Å². The number of hydrogen-bond donors (Lipinski definition) is 0. The summed E-state index contributed by atoms with van der Waals surface area (Å²) in [7, 11) is 0. The maximum absolute atomic E-state index is 13.0. The van der Waals surface area contributed by atoms with Gasteiger partial charge >= 0.3 is 5.97 Å². The smallest absolute Gasteiger partial charge is 0.355 e. The monoisotopic (exact) mass is 343 g/mol. The molecule has 0 aliphatic carbocycles. The molecule has 2 atom stereocenters. The number of para-hydroxylation sites is 1. The Labute approximate surface area is 144 Å². The Kier molecular flexibility index (Phi) is 3.90. The van der Waals surface area contributed by atoms with Gasteiger partial charge in [0.05, 0.1) is 12.3 Å². The lowest BCUT2D eigenvalue weighted by Gasteiger charge is -2.28. The van der Waals surface area contributed by atoms with Gasteiger partial charge in [-0.05, 0) is 26.0 Å². The molecule has 3 rings (SSSR count). The van der Waals surface area contributed by atoms with E-state index in [-0.39, 0.29) is 12.3 Å². The highest BCUT2D eigenvalue weighted by molar-refractivity contribution is 6.47. The van der Waals surface area contributed by atoms with Gasteiger partial charge < -0.3 is 4.74 Å². The number of anilines is 1. The van der Waals surface area contributed by atoms with Gasteiger partial charge in [-0.15, -0.1) is 0 Å². The number of esters is 1. The van der Waals surface area contributed by atoms with Crippen LogP contribution < -0.4 is 4.90 Å². The first-order chi connectivity index (χ1) is 11.8. The van der Waals surface area contributed by atoms with E-state index >= 15 is 0 Å². The second-order valence-corrected chi connectivity index (χ2v) is 5.93. The maximum atomic E-state index is 13.0. The molecule has 3 amide bonds. The molecule has 0 spiro atoms. The highest BCUT2D eigenvalue weighted by Crippen LogP contribution is 2.43. The summed E-state index contributed by atoms with van der Waals surface area (Å²) < 4.78 is 4.94. The van der Waals surface area contributed by atoms with Crippen LogP contribution in [0.5, 0.6) is 0 Å². The number of carbonyl (C=O) groups excluding carboxylic acids is 4. The van der Waals surface area contributed by atoms with Crippen LogP contribution in [0.15, 0.2) is 35.4 Å². The fourth-order valence-electron chi connectivity index (χ4n) is 3.27. The molecule has 1 aromatic carbocycles. The molecule has 0 aromatic heterocycles. The standard InChI is InChI=1S/C17H17N3O5/c1-4-25-15(23)13-12-14(22)19(11-8-6-5-7-9-11)16(24)17(12,3)20(18-13)10(2)21/h5-9,12H,4H2,1-3H3. The number of hydrazone groups is 1. The minimum absolute atomic E-state index is 0.0892. The molecule has 0 saturated carbocycles. The van der Waals surface area contributed by atoms with Crippen molar-refractivity contribution in [1.82, 2.24) is 5.01 Å². The first-order valence-corrected chi connectivity index (χ1v) is 7.83. The van der Waals surface area contributed by atoms with Crippen LogP contribution in [0.1, 0.15) is 20.8 Å². The molecule has 0 radical (unpaired) electrons. The summed E-state index contributed by atoms with van der Waals surface area (Å²) in [6, 6.07) is 8.36. The molecule has 130 valence electrons. The van der Waals surface area contributed by atoms with Crippen LogP contribution in [0, 0.1) is 5.92 Å². The average Bonchev–Trinajstić information content (AvgIpc) is 2.99. The summed E-state index contributed by atoms with van der Waals surface area (Å²) in [6.45, 7) is 4.37. The Morgan fingerprint density at radius 3 is 2.44 bits per heavy atom. The van der Waals surface area contributed by atoms with Crippen LogP contribution in [-0.2, 0) is 23.9 Å². The van der Waals surface area contributed by atoms with Gasteiger partial charge in [0.2, 0.25) is 11.8 Å². The van der Waals surface area contributed by atoms with Crippen LogP contribution in [0.25, 0.3) is 0 Å². The number of ether oxygens (including phenoxy) is 1. The number of benzene rings is 1. The van der Waals surface area contributed by atoms with Gasteiger partial charge in [-0.25, -0.2) is 14.7 Å². The quantitative estimate of drug-likeness (QED) is 0.595. The fraction of sp³-hybridized carbons (Fsp3) is 0.353. The second kappa shape index (κ2) is 5.80. The Bertz CT molecular complexity index is 804. The summed E-state index contributed by atoms with van der Waals surface area (Å²) in [6.07, 6.45) is 0. The molecule has 8 nitrogen and oxygen atoms in total. The normalized spacial score (nSPS) is 25.1. The topological polar surface area (TPSA) is 96.3 Å². The zero-order valence-corrected chi connectivity index (χ0v) is 14.1. The SMILES string of the molecule is CCOC(=O)C1=NN(C(C)=O)C2(C)C(=O)N(c3ccccc3)C(=O)C12. The zero-order chi connectivity index (χ0) is 18.4. The van der Waals surface area contributed by atoms with Crippen molar-refractivity contribution >= 4 is 35.1 Å². The Morgan fingerprint density at radius 1 is 1.24 bits per heavy atom. The summed E-state index contributed by atoms with van der Waals surface area (Å²) in [5.41, 5.74) is -1.43. The summed E-state index contributed by atoms with van der Waals surface area (Å²) in [5.74, 6) is -3.74. The van der Waals surface area contributed by atoms with Crippen molar-refractivity contribution in [3.05, 3.63) is 30.3 Å². The third-order valence-corrected chi connectivity index (χ3v) is 4.38. The van der Waals surface area contributed by atoms with Crippen molar-refractivity contribution in [1.29, 1.82) is 0 Å². The Morgan fingerprint density at radius 2 is 1.88 bits per heavy atom. The molecule has 0 N–H and O–H groups in total. The molecule has 25 heavy (non-hydrogen) atoms. The number of rotatable bonds is 3. The van der Waals surface area contributed by atoms with Crippen molar-refractivity contribution in [2.75, 3.05) is 11.5 Å². The number of imide groups is 1. The lowest BCUT2D eigenvalue weighted by Crippen LogP contribution is -2.52. The number of carbonyl (C=O) groups is 4. The van der Waals surface area contributed by atoms with Crippen molar-refractivity contribution in [2.45, 2.75) is 26.3 Å². The van der Waals surface area contributed by atoms with Crippen molar-refractivity contribution in [2.24, 2.45) is 11.0 Å². The molecule has 0 bridgehead atoms. The predicted octanol–water partition coefficient (Wildman–Crippen LogP) is 0.716. The van der Waals surface area contributed by atoms with E-state index in [0.717, 1.165) is 9.91 Å². The summed E-state index contributed by atoms with van der Waals surface area (Å²) in [5, 5.41) is 4.86. The number of fused-ring (bicyclic) bond motifs is 1. The van der Waals surface area contributed by atoms with Crippen LogP contribution in [0.2, 0.25) is 0 Å². The molecule has 2 heterocycles. The van der Waals surface area contributed by atoms with Crippen molar-refractivity contribution in [3.8, 4) is 0 Å². The largest absolute Gasteiger partial charge is 0.461 e. The second-order valence-electron chi connectivity index (χ2n) is 5.93. The van der Waals surface area contributed by atoms with Crippen LogP contribution in [-0.4, -0.2) is 46.6 Å². The third kappa shape index (κ3) is 2.25. The molecule has 1 saturated heterocycles. The van der Waals surface area contributed by atoms with Crippen molar-refractivity contribution < 1.29 is 23.9 Å². The van der Waals surface area contributed by atoms with Gasteiger partial charge in [0, 0.05) is 6.92 Å². The lowest BCUT2D eigenvalue weighted by molar-refractivity contribution is -0.142. The predicted molar refractivity (Wildman–Crippen MR) is 87.4 cm³/mol. The first-order valence-electron chi connectivity index (χ1n) is 7.83. The van der Waals surface area contributed by atoms with E-state index < -0.39 is 35.1 Å². The third-order valence-electron chi connectivity index (χ3n) is 4.38. The average molecular weight is 343 g/mol. The van der Waals surface area contributed by atoms with Gasteiger partial charge in [-0.1, -0.05) is 18.2 Å². The van der Waals surface area contributed by atoms with E-state index in [1.54, 1.807) is 37.3 Å². The van der Waals surface area contributed by atoms with Gasteiger partial charge in [-0.3, -0.25) is 14.4 Å². The first kappa shape index (κ1) is 16.8. The van der Waals surface area contributed by atoms with Gasteiger partial charge in [0.1, 0.15) is 5.92 Å². The number of amides is 3. The van der Waals surface area contributed by atoms with Gasteiger partial charge in [-0.2, -0.15) is 5.10 Å². The van der Waals surface area contributed by atoms with E-state index in [0.29, 0.717) is 5.69 Å². The number of nitrogens with zero attached hydrogens (tertiary/aromatic N) is 3. The van der Waals surface area contributed by atoms with E-state index in [4.69, 9.17) is 4.74 Å². The molecule has 1 fully saturated rings. The lowest BCUT2D eigenvalue weighted by atomic mass is 9.85. The molecular formula is C17H17N3O5. The summed E-state index contributed by atoms with van der Waals surface area (Å²) in [4.78, 5) is 51.2. The highest BCUT2D eigenvalue weighted by Gasteiger charge is 2.67.